The molecule has 5 nitrogen and oxygen atoms in total. The molecule has 0 bridgehead atoms. The van der Waals surface area contributed by atoms with Gasteiger partial charge in [-0.15, -0.1) is 0 Å². The minimum absolute atomic E-state index is 0.0100. The van der Waals surface area contributed by atoms with E-state index >= 15 is 0 Å². The predicted octanol–water partition coefficient (Wildman–Crippen LogP) is 2.58. The number of carbonyl (C=O) groups is 2. The molecule has 1 aliphatic heterocycles. The number of benzene rings is 1. The predicted molar refractivity (Wildman–Crippen MR) is 78.5 cm³/mol. The summed E-state index contributed by atoms with van der Waals surface area (Å²) in [6.45, 7) is 0.894. The minimum Gasteiger partial charge on any atom is -0.481 e. The first-order valence-corrected chi connectivity index (χ1v) is 7.43. The van der Waals surface area contributed by atoms with Gasteiger partial charge in [-0.05, 0) is 31.0 Å². The summed E-state index contributed by atoms with van der Waals surface area (Å²) < 4.78 is 19.4. The highest BCUT2D eigenvalue weighted by Gasteiger charge is 2.25. The van der Waals surface area contributed by atoms with E-state index in [1.165, 1.54) is 17.0 Å². The van der Waals surface area contributed by atoms with E-state index in [1.807, 2.05) is 0 Å². The van der Waals surface area contributed by atoms with E-state index in [4.69, 9.17) is 21.4 Å². The lowest BCUT2D eigenvalue weighted by Gasteiger charge is -2.25. The number of carboxylic acid groups (broad SMARTS) is 1. The summed E-state index contributed by atoms with van der Waals surface area (Å²) in [6.07, 6.45) is 1.38. The van der Waals surface area contributed by atoms with Crippen LogP contribution >= 0.6 is 11.6 Å². The van der Waals surface area contributed by atoms with Gasteiger partial charge in [0.25, 0.3) is 5.91 Å². The molecule has 1 atom stereocenters. The lowest BCUT2D eigenvalue weighted by molar-refractivity contribution is -0.137. The summed E-state index contributed by atoms with van der Waals surface area (Å²) in [4.78, 5) is 24.6. The number of nitrogens with zero attached hydrogens (tertiary/aromatic N) is 1. The van der Waals surface area contributed by atoms with Crippen LogP contribution in [0.4, 0.5) is 4.39 Å². The lowest BCUT2D eigenvalue weighted by Crippen LogP contribution is -2.39. The van der Waals surface area contributed by atoms with Crippen LogP contribution < -0.4 is 0 Å². The van der Waals surface area contributed by atoms with Gasteiger partial charge >= 0.3 is 5.97 Å². The normalized spacial score (nSPS) is 17.5. The van der Waals surface area contributed by atoms with Crippen LogP contribution in [0.5, 0.6) is 0 Å². The van der Waals surface area contributed by atoms with Gasteiger partial charge in [-0.1, -0.05) is 11.6 Å². The molecule has 1 amide bonds. The van der Waals surface area contributed by atoms with Crippen molar-refractivity contribution < 1.29 is 23.8 Å². The Bertz CT molecular complexity index is 560. The molecule has 1 fully saturated rings. The summed E-state index contributed by atoms with van der Waals surface area (Å²) in [5, 5.41) is 9.01. The maximum absolute atomic E-state index is 13.9. The highest BCUT2D eigenvalue weighted by atomic mass is 35.5. The third kappa shape index (κ3) is 4.42. The molecule has 0 saturated carbocycles. The van der Waals surface area contributed by atoms with E-state index in [-0.39, 0.29) is 36.2 Å². The van der Waals surface area contributed by atoms with Crippen molar-refractivity contribution in [1.29, 1.82) is 0 Å². The van der Waals surface area contributed by atoms with Gasteiger partial charge in [0.1, 0.15) is 5.82 Å². The Kier molecular flexibility index (Phi) is 5.74. The molecule has 1 heterocycles. The van der Waals surface area contributed by atoms with Gasteiger partial charge in [0.2, 0.25) is 0 Å². The number of carboxylic acids is 1. The van der Waals surface area contributed by atoms with Crippen molar-refractivity contribution in [2.75, 3.05) is 19.7 Å². The van der Waals surface area contributed by atoms with Crippen LogP contribution in [0.1, 0.15) is 29.6 Å². The molecule has 22 heavy (non-hydrogen) atoms. The van der Waals surface area contributed by atoms with Crippen LogP contribution in [0.15, 0.2) is 18.2 Å². The second-order valence-electron chi connectivity index (χ2n) is 5.15. The quantitative estimate of drug-likeness (QED) is 0.871. The van der Waals surface area contributed by atoms with Crippen LogP contribution in [0, 0.1) is 5.82 Å². The highest BCUT2D eigenvalue weighted by Crippen LogP contribution is 2.19. The van der Waals surface area contributed by atoms with E-state index in [0.29, 0.717) is 6.61 Å². The molecule has 0 spiro atoms. The first-order chi connectivity index (χ1) is 10.5. The highest BCUT2D eigenvalue weighted by molar-refractivity contribution is 6.30. The van der Waals surface area contributed by atoms with Crippen molar-refractivity contribution in [3.8, 4) is 0 Å². The fourth-order valence-corrected chi connectivity index (χ4v) is 2.53. The summed E-state index contributed by atoms with van der Waals surface area (Å²) >= 11 is 5.68. The van der Waals surface area contributed by atoms with Crippen molar-refractivity contribution in [2.45, 2.75) is 25.4 Å². The molecule has 0 radical (unpaired) electrons. The summed E-state index contributed by atoms with van der Waals surface area (Å²) in [5.74, 6) is -2.28. The van der Waals surface area contributed by atoms with Gasteiger partial charge < -0.3 is 14.7 Å². The zero-order valence-corrected chi connectivity index (χ0v) is 12.7. The van der Waals surface area contributed by atoms with Crippen LogP contribution in [0.3, 0.4) is 0 Å². The maximum Gasteiger partial charge on any atom is 0.305 e. The Labute approximate surface area is 132 Å². The third-order valence-electron chi connectivity index (χ3n) is 3.49. The van der Waals surface area contributed by atoms with E-state index in [2.05, 4.69) is 0 Å². The van der Waals surface area contributed by atoms with Crippen molar-refractivity contribution in [3.63, 3.8) is 0 Å². The summed E-state index contributed by atoms with van der Waals surface area (Å²) in [7, 11) is 0. The molecule has 120 valence electrons. The Morgan fingerprint density at radius 1 is 1.45 bits per heavy atom. The number of halogens is 2. The second kappa shape index (κ2) is 7.56. The van der Waals surface area contributed by atoms with E-state index in [1.54, 1.807) is 0 Å². The van der Waals surface area contributed by atoms with Crippen LogP contribution in [0.2, 0.25) is 5.02 Å². The first-order valence-electron chi connectivity index (χ1n) is 7.05. The first kappa shape index (κ1) is 16.7. The van der Waals surface area contributed by atoms with E-state index in [0.717, 1.165) is 18.9 Å². The number of rotatable bonds is 6. The Morgan fingerprint density at radius 3 is 2.82 bits per heavy atom. The lowest BCUT2D eigenvalue weighted by atomic mass is 10.1. The Hall–Kier alpha value is -1.66. The fourth-order valence-electron chi connectivity index (χ4n) is 2.37. The number of hydrogen-bond acceptors (Lipinski definition) is 3. The van der Waals surface area contributed by atoms with E-state index < -0.39 is 17.7 Å². The number of aliphatic carboxylic acids is 1. The minimum atomic E-state index is -1.01. The molecule has 7 heteroatoms. The van der Waals surface area contributed by atoms with Gasteiger partial charge in [-0.2, -0.15) is 0 Å². The van der Waals surface area contributed by atoms with Crippen molar-refractivity contribution in [3.05, 3.63) is 34.6 Å². The molecule has 1 N–H and O–H groups in total. The van der Waals surface area contributed by atoms with Crippen molar-refractivity contribution >= 4 is 23.5 Å². The van der Waals surface area contributed by atoms with Crippen LogP contribution in [-0.4, -0.2) is 47.7 Å². The molecule has 1 aromatic rings. The van der Waals surface area contributed by atoms with Gasteiger partial charge in [-0.3, -0.25) is 9.59 Å². The molecular formula is C15H17ClFNO4. The molecule has 0 aromatic heterocycles. The van der Waals surface area contributed by atoms with Crippen LogP contribution in [-0.2, 0) is 9.53 Å². The van der Waals surface area contributed by atoms with E-state index in [9.17, 15) is 14.0 Å². The van der Waals surface area contributed by atoms with Crippen molar-refractivity contribution in [1.82, 2.24) is 4.90 Å². The number of amides is 1. The third-order valence-corrected chi connectivity index (χ3v) is 3.73. The number of hydrogen-bond donors (Lipinski definition) is 1. The maximum atomic E-state index is 13.9. The largest absolute Gasteiger partial charge is 0.481 e. The molecule has 1 saturated heterocycles. The molecule has 2 rings (SSSR count). The molecule has 0 unspecified atom stereocenters. The number of ether oxygens (including phenoxy) is 1. The van der Waals surface area contributed by atoms with Crippen molar-refractivity contribution in [2.24, 2.45) is 0 Å². The fraction of sp³-hybridized carbons (Fsp3) is 0.467. The Morgan fingerprint density at radius 2 is 2.23 bits per heavy atom. The standard InChI is InChI=1S/C15H17ClFNO4/c16-10-3-4-12(13(17)8-10)15(21)18(6-5-14(19)20)9-11-2-1-7-22-11/h3-4,8,11H,1-2,5-7,9H2,(H,19,20)/t11-/m1/s1. The molecular weight excluding hydrogens is 313 g/mol. The molecule has 1 aromatic carbocycles. The number of carbonyl (C=O) groups excluding carboxylic acids is 1. The average molecular weight is 330 g/mol. The van der Waals surface area contributed by atoms with Gasteiger partial charge in [0.05, 0.1) is 18.1 Å². The zero-order chi connectivity index (χ0) is 16.1. The Balaban J connectivity index is 2.14. The second-order valence-corrected chi connectivity index (χ2v) is 5.59. The molecule has 0 aliphatic carbocycles. The van der Waals surface area contributed by atoms with Gasteiger partial charge in [0, 0.05) is 24.7 Å². The topological polar surface area (TPSA) is 66.8 Å². The SMILES string of the molecule is O=C(O)CCN(C[C@H]1CCCO1)C(=O)c1ccc(Cl)cc1F. The summed E-state index contributed by atoms with van der Waals surface area (Å²) in [5.41, 5.74) is -0.118. The van der Waals surface area contributed by atoms with Gasteiger partial charge in [0.15, 0.2) is 0 Å². The van der Waals surface area contributed by atoms with Crippen LogP contribution in [0.25, 0.3) is 0 Å². The smallest absolute Gasteiger partial charge is 0.305 e. The van der Waals surface area contributed by atoms with Gasteiger partial charge in [-0.25, -0.2) is 4.39 Å². The average Bonchev–Trinajstić information content (AvgIpc) is 2.95. The zero-order valence-electron chi connectivity index (χ0n) is 11.9. The monoisotopic (exact) mass is 329 g/mol. The summed E-state index contributed by atoms with van der Waals surface area (Å²) in [6, 6.07) is 3.80. The molecule has 1 aliphatic rings.